The molecule has 6 nitrogen and oxygen atoms in total. The molecule has 0 radical (unpaired) electrons. The lowest BCUT2D eigenvalue weighted by Gasteiger charge is -2.23. The molecule has 0 unspecified atom stereocenters. The Labute approximate surface area is 181 Å². The summed E-state index contributed by atoms with van der Waals surface area (Å²) in [6.07, 6.45) is 3.33. The summed E-state index contributed by atoms with van der Waals surface area (Å²) in [4.78, 5) is 23.8. The van der Waals surface area contributed by atoms with E-state index in [9.17, 15) is 13.6 Å². The SMILES string of the molecule is C[Si](C)(C)CCOCN1C(=O)[C@]2(Cc3cc(C(F)(F)CO)cnc3C2)c2cccnc21. The number of pyridine rings is 2. The fourth-order valence-corrected chi connectivity index (χ4v) is 5.02. The van der Waals surface area contributed by atoms with Gasteiger partial charge in [-0.1, -0.05) is 25.7 Å². The summed E-state index contributed by atoms with van der Waals surface area (Å²) in [6.45, 7) is 6.21. The van der Waals surface area contributed by atoms with Gasteiger partial charge in [0.2, 0.25) is 5.91 Å². The highest BCUT2D eigenvalue weighted by molar-refractivity contribution is 6.76. The molecule has 2 aromatic heterocycles. The van der Waals surface area contributed by atoms with E-state index in [1.54, 1.807) is 17.2 Å². The molecule has 0 saturated heterocycles. The molecule has 31 heavy (non-hydrogen) atoms. The molecule has 2 aliphatic rings. The van der Waals surface area contributed by atoms with Gasteiger partial charge in [0.15, 0.2) is 0 Å². The molecule has 1 N–H and O–H groups in total. The van der Waals surface area contributed by atoms with Crippen LogP contribution in [0, 0.1) is 0 Å². The van der Waals surface area contributed by atoms with Gasteiger partial charge in [0.25, 0.3) is 5.92 Å². The molecular weight excluding hydrogens is 420 g/mol. The highest BCUT2D eigenvalue weighted by atomic mass is 28.3. The van der Waals surface area contributed by atoms with Gasteiger partial charge in [0.05, 0.1) is 5.41 Å². The molecule has 3 heterocycles. The van der Waals surface area contributed by atoms with E-state index in [2.05, 4.69) is 29.6 Å². The van der Waals surface area contributed by atoms with Gasteiger partial charge in [-0.2, -0.15) is 8.78 Å². The molecule has 2 aromatic rings. The van der Waals surface area contributed by atoms with Crippen molar-refractivity contribution in [2.24, 2.45) is 0 Å². The Kier molecular flexibility index (Phi) is 5.47. The molecule has 1 aliphatic carbocycles. The molecule has 1 atom stereocenters. The number of nitrogens with zero attached hydrogens (tertiary/aromatic N) is 3. The topological polar surface area (TPSA) is 75.5 Å². The number of aliphatic hydroxyl groups is 1. The number of amides is 1. The van der Waals surface area contributed by atoms with Gasteiger partial charge in [-0.05, 0) is 30.2 Å². The zero-order valence-corrected chi connectivity index (χ0v) is 19.0. The maximum atomic E-state index is 14.0. The number of ether oxygens (including phenoxy) is 1. The molecule has 0 fully saturated rings. The maximum absolute atomic E-state index is 14.0. The van der Waals surface area contributed by atoms with E-state index in [1.165, 1.54) is 6.07 Å². The first-order valence-electron chi connectivity index (χ1n) is 10.4. The lowest BCUT2D eigenvalue weighted by atomic mass is 9.79. The Morgan fingerprint density at radius 1 is 1.29 bits per heavy atom. The number of anilines is 1. The van der Waals surface area contributed by atoms with Gasteiger partial charge in [-0.15, -0.1) is 0 Å². The number of fused-ring (bicyclic) bond motifs is 3. The molecule has 166 valence electrons. The van der Waals surface area contributed by atoms with E-state index in [0.29, 0.717) is 30.1 Å². The van der Waals surface area contributed by atoms with Crippen molar-refractivity contribution in [1.29, 1.82) is 0 Å². The molecule has 1 amide bonds. The van der Waals surface area contributed by atoms with E-state index in [1.807, 2.05) is 6.07 Å². The van der Waals surface area contributed by atoms with E-state index in [0.717, 1.165) is 17.8 Å². The summed E-state index contributed by atoms with van der Waals surface area (Å²) in [7, 11) is -1.25. The van der Waals surface area contributed by atoms with Crippen LogP contribution in [0.3, 0.4) is 0 Å². The quantitative estimate of drug-likeness (QED) is 0.521. The second-order valence-electron chi connectivity index (χ2n) is 9.58. The standard InChI is InChI=1S/C22H27F2N3O3Si/c1-31(2,3)8-7-30-14-27-19-17(5-4-6-25-19)21(20(27)29)10-15-9-16(22(23,24)13-28)12-26-18(15)11-21/h4-6,9,12,28H,7-8,10-11,13-14H2,1-3H3/t21-/m0/s1. The summed E-state index contributed by atoms with van der Waals surface area (Å²) in [6, 6.07) is 6.01. The first kappa shape index (κ1) is 22.0. The predicted octanol–water partition coefficient (Wildman–Crippen LogP) is 3.26. The monoisotopic (exact) mass is 447 g/mol. The fraction of sp³-hybridized carbons (Fsp3) is 0.500. The number of carbonyl (C=O) groups is 1. The molecule has 0 saturated carbocycles. The normalized spacial score (nSPS) is 20.5. The van der Waals surface area contributed by atoms with Crippen LogP contribution in [0.2, 0.25) is 25.7 Å². The van der Waals surface area contributed by atoms with Crippen LogP contribution in [-0.2, 0) is 33.7 Å². The minimum atomic E-state index is -3.37. The Morgan fingerprint density at radius 2 is 2.06 bits per heavy atom. The Hall–Kier alpha value is -2.23. The average molecular weight is 448 g/mol. The molecule has 9 heteroatoms. The van der Waals surface area contributed by atoms with Crippen LogP contribution in [0.25, 0.3) is 0 Å². The van der Waals surface area contributed by atoms with Crippen LogP contribution in [0.5, 0.6) is 0 Å². The van der Waals surface area contributed by atoms with Crippen LogP contribution in [0.4, 0.5) is 14.6 Å². The number of alkyl halides is 2. The summed E-state index contributed by atoms with van der Waals surface area (Å²) < 4.78 is 33.8. The second-order valence-corrected chi connectivity index (χ2v) is 15.2. The lowest BCUT2D eigenvalue weighted by molar-refractivity contribution is -0.124. The Balaban J connectivity index is 1.61. The molecular formula is C22H27F2N3O3Si. The summed E-state index contributed by atoms with van der Waals surface area (Å²) >= 11 is 0. The number of rotatable bonds is 7. The summed E-state index contributed by atoms with van der Waals surface area (Å²) in [5, 5.41) is 9.00. The zero-order chi connectivity index (χ0) is 22.4. The fourth-order valence-electron chi connectivity index (χ4n) is 4.27. The van der Waals surface area contributed by atoms with Crippen molar-refractivity contribution in [2.75, 3.05) is 24.8 Å². The number of hydrogen-bond donors (Lipinski definition) is 1. The van der Waals surface area contributed by atoms with Crippen LogP contribution < -0.4 is 4.90 Å². The van der Waals surface area contributed by atoms with Crippen LogP contribution in [-0.4, -0.2) is 49.0 Å². The maximum Gasteiger partial charge on any atom is 0.297 e. The van der Waals surface area contributed by atoms with Crippen molar-refractivity contribution in [3.63, 3.8) is 0 Å². The number of hydrogen-bond acceptors (Lipinski definition) is 5. The molecule has 4 rings (SSSR count). The van der Waals surface area contributed by atoms with Crippen LogP contribution >= 0.6 is 0 Å². The number of halogens is 2. The van der Waals surface area contributed by atoms with E-state index >= 15 is 0 Å². The first-order chi connectivity index (χ1) is 14.6. The van der Waals surface area contributed by atoms with E-state index in [4.69, 9.17) is 9.84 Å². The third-order valence-electron chi connectivity index (χ3n) is 6.07. The van der Waals surface area contributed by atoms with Crippen molar-refractivity contribution < 1.29 is 23.4 Å². The van der Waals surface area contributed by atoms with Crippen molar-refractivity contribution >= 4 is 19.8 Å². The number of carbonyl (C=O) groups excluding carboxylic acids is 1. The number of aliphatic hydroxyl groups excluding tert-OH is 1. The average Bonchev–Trinajstić information content (AvgIpc) is 3.21. The van der Waals surface area contributed by atoms with Gasteiger partial charge < -0.3 is 9.84 Å². The Bertz CT molecular complexity index is 1010. The smallest absolute Gasteiger partial charge is 0.297 e. The minimum absolute atomic E-state index is 0.118. The highest BCUT2D eigenvalue weighted by Gasteiger charge is 2.55. The van der Waals surface area contributed by atoms with Gasteiger partial charge in [0.1, 0.15) is 19.2 Å². The predicted molar refractivity (Wildman–Crippen MR) is 115 cm³/mol. The minimum Gasteiger partial charge on any atom is -0.390 e. The van der Waals surface area contributed by atoms with Crippen molar-refractivity contribution in [2.45, 2.75) is 49.9 Å². The Morgan fingerprint density at radius 3 is 2.77 bits per heavy atom. The van der Waals surface area contributed by atoms with E-state index < -0.39 is 26.0 Å². The first-order valence-corrected chi connectivity index (χ1v) is 14.1. The highest BCUT2D eigenvalue weighted by Crippen LogP contribution is 2.49. The third kappa shape index (κ3) is 3.90. The third-order valence-corrected chi connectivity index (χ3v) is 7.78. The molecule has 0 bridgehead atoms. The zero-order valence-electron chi connectivity index (χ0n) is 18.0. The second kappa shape index (κ2) is 7.72. The molecule has 1 aliphatic heterocycles. The molecule has 0 aromatic carbocycles. The van der Waals surface area contributed by atoms with Crippen LogP contribution in [0.1, 0.15) is 22.4 Å². The largest absolute Gasteiger partial charge is 0.390 e. The van der Waals surface area contributed by atoms with Gasteiger partial charge in [0, 0.05) is 50.3 Å². The summed E-state index contributed by atoms with van der Waals surface area (Å²) in [5.41, 5.74) is 0.766. The van der Waals surface area contributed by atoms with E-state index in [-0.39, 0.29) is 24.6 Å². The van der Waals surface area contributed by atoms with Crippen molar-refractivity contribution in [1.82, 2.24) is 9.97 Å². The van der Waals surface area contributed by atoms with Gasteiger partial charge in [-0.25, -0.2) is 4.98 Å². The summed E-state index contributed by atoms with van der Waals surface area (Å²) in [5.74, 6) is -2.94. The molecule has 1 spiro atoms. The lowest BCUT2D eigenvalue weighted by Crippen LogP contribution is -2.42. The van der Waals surface area contributed by atoms with Gasteiger partial charge in [-0.3, -0.25) is 14.7 Å². The number of aromatic nitrogens is 2. The van der Waals surface area contributed by atoms with Crippen LogP contribution in [0.15, 0.2) is 30.6 Å². The van der Waals surface area contributed by atoms with Crippen molar-refractivity contribution in [3.8, 4) is 0 Å². The van der Waals surface area contributed by atoms with Gasteiger partial charge >= 0.3 is 0 Å². The van der Waals surface area contributed by atoms with Crippen molar-refractivity contribution in [3.05, 3.63) is 53.0 Å².